The van der Waals surface area contributed by atoms with Crippen molar-refractivity contribution in [2.24, 2.45) is 0 Å². The minimum atomic E-state index is -0.237. The fourth-order valence-corrected chi connectivity index (χ4v) is 3.79. The quantitative estimate of drug-likeness (QED) is 0.353. The van der Waals surface area contributed by atoms with Gasteiger partial charge in [0, 0.05) is 18.7 Å². The summed E-state index contributed by atoms with van der Waals surface area (Å²) in [6.07, 6.45) is 0.878. The van der Waals surface area contributed by atoms with Crippen molar-refractivity contribution in [2.75, 3.05) is 24.2 Å². The van der Waals surface area contributed by atoms with Crippen LogP contribution in [0.15, 0.2) is 22.5 Å². The molecule has 2 rings (SSSR count). The van der Waals surface area contributed by atoms with Gasteiger partial charge in [-0.3, -0.25) is 9.59 Å². The summed E-state index contributed by atoms with van der Waals surface area (Å²) in [6, 6.07) is 6.06. The third kappa shape index (κ3) is 7.18. The van der Waals surface area contributed by atoms with Crippen LogP contribution in [0, 0.1) is 13.8 Å². The van der Waals surface area contributed by atoms with Crippen molar-refractivity contribution in [1.82, 2.24) is 15.5 Å². The molecule has 0 aliphatic carbocycles. The van der Waals surface area contributed by atoms with Crippen LogP contribution in [-0.4, -0.2) is 41.0 Å². The van der Waals surface area contributed by atoms with E-state index in [4.69, 9.17) is 4.74 Å². The van der Waals surface area contributed by atoms with Crippen molar-refractivity contribution in [2.45, 2.75) is 38.0 Å². The van der Waals surface area contributed by atoms with Gasteiger partial charge < -0.3 is 15.4 Å². The molecule has 1 heterocycles. The molecule has 0 spiro atoms. The summed E-state index contributed by atoms with van der Waals surface area (Å²) in [5.41, 5.74) is 3.38. The fourth-order valence-electron chi connectivity index (χ4n) is 2.19. The molecule has 1 aromatic carbocycles. The van der Waals surface area contributed by atoms with Crippen molar-refractivity contribution in [3.8, 4) is 0 Å². The van der Waals surface area contributed by atoms with Gasteiger partial charge in [0.15, 0.2) is 4.34 Å². The van der Waals surface area contributed by atoms with E-state index in [0.717, 1.165) is 10.0 Å². The average Bonchev–Trinajstić information content (AvgIpc) is 3.09. The molecule has 2 N–H and O–H groups in total. The molecule has 1 amide bonds. The Morgan fingerprint density at radius 1 is 1.26 bits per heavy atom. The van der Waals surface area contributed by atoms with Gasteiger partial charge in [0.1, 0.15) is 0 Å². The second-order valence-corrected chi connectivity index (χ2v) is 7.99. The lowest BCUT2D eigenvalue weighted by molar-refractivity contribution is -0.143. The number of rotatable bonds is 10. The number of nitrogens with zero attached hydrogens (tertiary/aromatic N) is 2. The van der Waals surface area contributed by atoms with Gasteiger partial charge >= 0.3 is 5.97 Å². The Morgan fingerprint density at radius 2 is 2.07 bits per heavy atom. The molecule has 9 heteroatoms. The van der Waals surface area contributed by atoms with E-state index in [1.54, 1.807) is 6.92 Å². The molecule has 1 aromatic heterocycles. The van der Waals surface area contributed by atoms with Gasteiger partial charge in [-0.15, -0.1) is 10.2 Å². The molecule has 146 valence electrons. The van der Waals surface area contributed by atoms with Gasteiger partial charge in [0.2, 0.25) is 11.0 Å². The van der Waals surface area contributed by atoms with E-state index >= 15 is 0 Å². The lowest BCUT2D eigenvalue weighted by Gasteiger charge is -2.08. The molecule has 2 aromatic rings. The highest BCUT2D eigenvalue weighted by Crippen LogP contribution is 2.29. The molecule has 0 radical (unpaired) electrons. The molecule has 0 aliphatic rings. The van der Waals surface area contributed by atoms with Crippen LogP contribution in [-0.2, 0) is 14.3 Å². The van der Waals surface area contributed by atoms with Gasteiger partial charge in [-0.05, 0) is 44.4 Å². The topological polar surface area (TPSA) is 93.2 Å². The first-order valence-electron chi connectivity index (χ1n) is 8.71. The predicted octanol–water partition coefficient (Wildman–Crippen LogP) is 3.45. The van der Waals surface area contributed by atoms with E-state index in [1.165, 1.54) is 34.2 Å². The number of hydrogen-bond donors (Lipinski definition) is 2. The number of ether oxygens (including phenoxy) is 1. The molecule has 0 unspecified atom stereocenters. The van der Waals surface area contributed by atoms with Crippen LogP contribution in [0.5, 0.6) is 0 Å². The zero-order chi connectivity index (χ0) is 19.6. The van der Waals surface area contributed by atoms with Crippen molar-refractivity contribution in [3.05, 3.63) is 29.3 Å². The van der Waals surface area contributed by atoms with E-state index in [1.807, 2.05) is 12.1 Å². The predicted molar refractivity (Wildman–Crippen MR) is 109 cm³/mol. The number of esters is 1. The van der Waals surface area contributed by atoms with Gasteiger partial charge in [0.05, 0.1) is 12.4 Å². The largest absolute Gasteiger partial charge is 0.466 e. The van der Waals surface area contributed by atoms with Crippen LogP contribution in [0.1, 0.15) is 30.9 Å². The number of benzene rings is 1. The third-order valence-electron chi connectivity index (χ3n) is 3.76. The first kappa shape index (κ1) is 21.2. The van der Waals surface area contributed by atoms with Crippen LogP contribution in [0.4, 0.5) is 10.8 Å². The third-order valence-corrected chi connectivity index (χ3v) is 5.74. The van der Waals surface area contributed by atoms with Gasteiger partial charge in [-0.2, -0.15) is 0 Å². The number of hydrogen-bond acceptors (Lipinski definition) is 8. The number of thioether (sulfide) groups is 1. The monoisotopic (exact) mass is 408 g/mol. The van der Waals surface area contributed by atoms with Crippen LogP contribution < -0.4 is 10.6 Å². The fraction of sp³-hybridized carbons (Fsp3) is 0.444. The molecular weight excluding hydrogens is 384 g/mol. The van der Waals surface area contributed by atoms with Gasteiger partial charge in [-0.1, -0.05) is 35.2 Å². The molecule has 0 fully saturated rings. The summed E-state index contributed by atoms with van der Waals surface area (Å²) in [4.78, 5) is 23.1. The molecule has 27 heavy (non-hydrogen) atoms. The first-order valence-corrected chi connectivity index (χ1v) is 10.5. The molecule has 0 saturated heterocycles. The van der Waals surface area contributed by atoms with Crippen molar-refractivity contribution < 1.29 is 14.3 Å². The maximum absolute atomic E-state index is 11.9. The summed E-state index contributed by atoms with van der Waals surface area (Å²) in [5, 5.41) is 15.0. The highest BCUT2D eigenvalue weighted by atomic mass is 32.2. The molecule has 0 atom stereocenters. The lowest BCUT2D eigenvalue weighted by Crippen LogP contribution is -2.26. The Morgan fingerprint density at radius 3 is 2.85 bits per heavy atom. The van der Waals surface area contributed by atoms with Crippen molar-refractivity contribution in [3.63, 3.8) is 0 Å². The number of carbonyl (C=O) groups is 2. The SMILES string of the molecule is CCOC(=O)CCCNC(=O)CSc1nnc(Nc2cccc(C)c2C)s1. The number of carbonyl (C=O) groups excluding carboxylic acids is 2. The molecule has 7 nitrogen and oxygen atoms in total. The molecule has 0 bridgehead atoms. The Kier molecular flexibility index (Phi) is 8.53. The summed E-state index contributed by atoms with van der Waals surface area (Å²) in [7, 11) is 0. The average molecular weight is 409 g/mol. The van der Waals surface area contributed by atoms with Crippen molar-refractivity contribution in [1.29, 1.82) is 0 Å². The highest BCUT2D eigenvalue weighted by Gasteiger charge is 2.10. The number of anilines is 2. The number of amides is 1. The first-order chi connectivity index (χ1) is 13.0. The van der Waals surface area contributed by atoms with Crippen molar-refractivity contribution >= 4 is 45.8 Å². The number of aromatic nitrogens is 2. The Hall–Kier alpha value is -2.13. The van der Waals surface area contributed by atoms with E-state index in [0.29, 0.717) is 31.1 Å². The van der Waals surface area contributed by atoms with E-state index in [9.17, 15) is 9.59 Å². The summed E-state index contributed by atoms with van der Waals surface area (Å²) in [5.74, 6) is -0.0701. The number of nitrogens with one attached hydrogen (secondary N) is 2. The molecule has 0 saturated carbocycles. The lowest BCUT2D eigenvalue weighted by atomic mass is 10.1. The van der Waals surface area contributed by atoms with E-state index in [2.05, 4.69) is 40.7 Å². The smallest absolute Gasteiger partial charge is 0.305 e. The number of aryl methyl sites for hydroxylation is 1. The second kappa shape index (κ2) is 10.9. The minimum Gasteiger partial charge on any atom is -0.466 e. The van der Waals surface area contributed by atoms with Crippen LogP contribution >= 0.6 is 23.1 Å². The highest BCUT2D eigenvalue weighted by molar-refractivity contribution is 8.01. The molecule has 0 aliphatic heterocycles. The van der Waals surface area contributed by atoms with E-state index in [-0.39, 0.29) is 17.6 Å². The van der Waals surface area contributed by atoms with Crippen LogP contribution in [0.25, 0.3) is 0 Å². The van der Waals surface area contributed by atoms with E-state index < -0.39 is 0 Å². The normalized spacial score (nSPS) is 10.5. The zero-order valence-corrected chi connectivity index (χ0v) is 17.3. The Balaban J connectivity index is 1.72. The van der Waals surface area contributed by atoms with Crippen LogP contribution in [0.2, 0.25) is 0 Å². The maximum Gasteiger partial charge on any atom is 0.305 e. The summed E-state index contributed by atoms with van der Waals surface area (Å²) < 4.78 is 5.56. The summed E-state index contributed by atoms with van der Waals surface area (Å²) in [6.45, 7) is 6.72. The maximum atomic E-state index is 11.9. The molecular formula is C18H24N4O3S2. The van der Waals surface area contributed by atoms with Crippen LogP contribution in [0.3, 0.4) is 0 Å². The minimum absolute atomic E-state index is 0.0944. The standard InChI is InChI=1S/C18H24N4O3S2/c1-4-25-16(24)9-6-10-19-15(23)11-26-18-22-21-17(27-18)20-14-8-5-7-12(2)13(14)3/h5,7-8H,4,6,9-11H2,1-3H3,(H,19,23)(H,20,21). The summed E-state index contributed by atoms with van der Waals surface area (Å²) >= 11 is 2.75. The van der Waals surface area contributed by atoms with Gasteiger partial charge in [0.25, 0.3) is 0 Å². The second-order valence-electron chi connectivity index (χ2n) is 5.79. The Bertz CT molecular complexity index is 780. The zero-order valence-electron chi connectivity index (χ0n) is 15.7. The Labute approximate surface area is 167 Å². The van der Waals surface area contributed by atoms with Gasteiger partial charge in [-0.25, -0.2) is 0 Å².